The molecule has 2 atom stereocenters. The highest BCUT2D eigenvalue weighted by atomic mass is 32.2. The van der Waals surface area contributed by atoms with Gasteiger partial charge in [0.15, 0.2) is 16.5 Å². The van der Waals surface area contributed by atoms with E-state index in [-0.39, 0.29) is 55.8 Å². The van der Waals surface area contributed by atoms with Gasteiger partial charge in [-0.05, 0) is 74.4 Å². The number of hydrogen-bond donors (Lipinski definition) is 0. The van der Waals surface area contributed by atoms with Crippen molar-refractivity contribution in [2.24, 2.45) is 8.06 Å². The molecule has 0 radical (unpaired) electrons. The van der Waals surface area contributed by atoms with Crippen LogP contribution in [0.5, 0.6) is 0 Å². The van der Waals surface area contributed by atoms with Crippen LogP contribution in [0.1, 0.15) is 55.4 Å². The molecule has 0 saturated heterocycles. The van der Waals surface area contributed by atoms with Gasteiger partial charge in [-0.25, -0.2) is 8.42 Å². The van der Waals surface area contributed by atoms with E-state index in [9.17, 15) is 13.0 Å². The van der Waals surface area contributed by atoms with E-state index in [1.807, 2.05) is 48.5 Å². The van der Waals surface area contributed by atoms with E-state index < -0.39 is 43.5 Å². The van der Waals surface area contributed by atoms with Gasteiger partial charge < -0.3 is 9.05 Å². The molecule has 0 bridgehead atoms. The summed E-state index contributed by atoms with van der Waals surface area (Å²) < 4.78 is 60.1. The third-order valence-electron chi connectivity index (χ3n) is 7.73. The van der Waals surface area contributed by atoms with Crippen molar-refractivity contribution in [3.8, 4) is 0 Å². The van der Waals surface area contributed by atoms with Gasteiger partial charge >= 0.3 is 7.60 Å². The van der Waals surface area contributed by atoms with Crippen LogP contribution in [0.2, 0.25) is 36.3 Å². The first-order valence-electron chi connectivity index (χ1n) is 14.4. The Morgan fingerprint density at radius 3 is 1.36 bits per heavy atom. The normalized spacial score (nSPS) is 15.2. The van der Waals surface area contributed by atoms with Gasteiger partial charge in [-0.1, -0.05) is 77.9 Å². The molecule has 0 saturated carbocycles. The molecule has 0 aliphatic heterocycles. The smallest absolute Gasteiger partial charge is 0.308 e. The van der Waals surface area contributed by atoms with Gasteiger partial charge in [0.05, 0.1) is 32.7 Å². The van der Waals surface area contributed by atoms with Crippen LogP contribution in [0.15, 0.2) is 78.5 Å². The lowest BCUT2D eigenvalue weighted by atomic mass is 10.2. The molecule has 256 valence electrons. The maximum absolute atomic E-state index is 14.0. The van der Waals surface area contributed by atoms with Crippen LogP contribution >= 0.6 is 34.6 Å². The maximum Gasteiger partial charge on any atom is 0.344 e. The third kappa shape index (κ3) is 13.4. The SMILES string of the molecule is CC(C)(C)[Si](C)(C)N=S(C)(=O)c1ccccc1.CCOP(=O)(CS(=O)(=N[Si](C)(C)C(C)(C)C)c1ccccc1)OCC.S.S. The van der Waals surface area contributed by atoms with Crippen molar-refractivity contribution in [2.75, 3.05) is 25.0 Å². The Kier molecular flexibility index (Phi) is 18.4. The number of hydrogen-bond acceptors (Lipinski definition) is 7. The molecule has 0 fully saturated rings. The second kappa shape index (κ2) is 17.7. The standard InChI is InChI=1S/C17H32NO4PSSi.C13H23NOSSi.2H2S/c1-8-21-23(19,22-9-2)15-24(20,16-13-11-10-12-14-16)18-25(6,7)17(3,4)5;1-13(2,3)17(5,6)14-16(4,15)12-10-8-7-9-11-12;;/h10-14H,8-9,15H2,1-7H3;7-11H,1-6H3;2*1H2. The Morgan fingerprint density at radius 1 is 0.682 bits per heavy atom. The monoisotopic (exact) mass is 742 g/mol. The summed E-state index contributed by atoms with van der Waals surface area (Å²) in [7, 11) is -12.8. The van der Waals surface area contributed by atoms with Crippen molar-refractivity contribution >= 4 is 70.5 Å². The topological polar surface area (TPSA) is 94.4 Å². The van der Waals surface area contributed by atoms with Crippen molar-refractivity contribution in [1.29, 1.82) is 0 Å². The zero-order valence-corrected chi connectivity index (χ0v) is 35.6. The predicted octanol–water partition coefficient (Wildman–Crippen LogP) is 10.1. The summed E-state index contributed by atoms with van der Waals surface area (Å²) in [5, 5.41) is 0.0477. The van der Waals surface area contributed by atoms with Crippen molar-refractivity contribution in [3.05, 3.63) is 60.7 Å². The largest absolute Gasteiger partial charge is 0.344 e. The Hall–Kier alpha value is -0.376. The lowest BCUT2D eigenvalue weighted by molar-refractivity contribution is 0.224. The van der Waals surface area contributed by atoms with Gasteiger partial charge in [-0.15, -0.1) is 0 Å². The fourth-order valence-electron chi connectivity index (χ4n) is 3.31. The van der Waals surface area contributed by atoms with Crippen LogP contribution in [0.4, 0.5) is 0 Å². The highest BCUT2D eigenvalue weighted by Gasteiger charge is 2.40. The van der Waals surface area contributed by atoms with Crippen LogP contribution in [0, 0.1) is 0 Å². The van der Waals surface area contributed by atoms with Crippen molar-refractivity contribution < 1.29 is 22.0 Å². The lowest BCUT2D eigenvalue weighted by Crippen LogP contribution is -2.36. The first-order chi connectivity index (χ1) is 19.0. The maximum atomic E-state index is 14.0. The highest BCUT2D eigenvalue weighted by Crippen LogP contribution is 2.51. The quantitative estimate of drug-likeness (QED) is 0.178. The van der Waals surface area contributed by atoms with E-state index in [1.165, 1.54) is 0 Å². The highest BCUT2D eigenvalue weighted by molar-refractivity contribution is 8.00. The zero-order valence-electron chi connectivity index (χ0n) is 29.1. The molecule has 0 N–H and O–H groups in total. The van der Waals surface area contributed by atoms with E-state index in [0.29, 0.717) is 4.90 Å². The van der Waals surface area contributed by atoms with E-state index >= 15 is 0 Å². The molecule has 7 nitrogen and oxygen atoms in total. The lowest BCUT2D eigenvalue weighted by Gasteiger charge is -2.33. The van der Waals surface area contributed by atoms with Gasteiger partial charge in [0.1, 0.15) is 5.49 Å². The Balaban J connectivity index is 0. The van der Waals surface area contributed by atoms with Gasteiger partial charge in [-0.2, -0.15) is 27.0 Å². The molecule has 0 aliphatic rings. The van der Waals surface area contributed by atoms with Crippen molar-refractivity contribution in [3.63, 3.8) is 0 Å². The first-order valence-corrected chi connectivity index (χ1v) is 25.7. The summed E-state index contributed by atoms with van der Waals surface area (Å²) in [6.45, 7) is 25.4. The van der Waals surface area contributed by atoms with Crippen LogP contribution in [0.25, 0.3) is 0 Å². The molecule has 2 aromatic carbocycles. The second-order valence-electron chi connectivity index (χ2n) is 13.4. The van der Waals surface area contributed by atoms with Crippen LogP contribution in [-0.4, -0.2) is 49.9 Å². The molecule has 0 spiro atoms. The van der Waals surface area contributed by atoms with Gasteiger partial charge in [0.2, 0.25) is 0 Å². The fourth-order valence-corrected chi connectivity index (χ4v) is 18.5. The average Bonchev–Trinajstić information content (AvgIpc) is 2.83. The minimum absolute atomic E-state index is 0. The van der Waals surface area contributed by atoms with E-state index in [4.69, 9.17) is 17.1 Å². The van der Waals surface area contributed by atoms with E-state index in [0.717, 1.165) is 4.90 Å². The summed E-state index contributed by atoms with van der Waals surface area (Å²) in [4.78, 5) is 1.42. The number of rotatable bonds is 10. The summed E-state index contributed by atoms with van der Waals surface area (Å²) in [5.41, 5.74) is -0.210. The van der Waals surface area contributed by atoms with Crippen molar-refractivity contribution in [2.45, 2.75) is 101 Å². The molecule has 2 unspecified atom stereocenters. The molecule has 0 heterocycles. The predicted molar refractivity (Wildman–Crippen MR) is 207 cm³/mol. The molecular formula is C30H59N2O5PS4Si2. The Labute approximate surface area is 286 Å². The second-order valence-corrected chi connectivity index (χ2v) is 30.7. The fraction of sp³-hybridized carbons (Fsp3) is 0.600. The minimum Gasteiger partial charge on any atom is -0.308 e. The molecule has 2 aromatic rings. The molecule has 0 amide bonds. The van der Waals surface area contributed by atoms with Gasteiger partial charge in [-0.3, -0.25) is 12.6 Å². The van der Waals surface area contributed by atoms with Crippen LogP contribution < -0.4 is 0 Å². The van der Waals surface area contributed by atoms with Crippen LogP contribution in [0.3, 0.4) is 0 Å². The Morgan fingerprint density at radius 2 is 1.02 bits per heavy atom. The summed E-state index contributed by atoms with van der Waals surface area (Å²) in [6.07, 6.45) is 1.75. The van der Waals surface area contributed by atoms with Gasteiger partial charge in [0, 0.05) is 16.0 Å². The summed E-state index contributed by atoms with van der Waals surface area (Å²) in [5.74, 6) is 0. The third-order valence-corrected chi connectivity index (χ3v) is 27.4. The minimum atomic E-state index is -3.49. The average molecular weight is 743 g/mol. The molecule has 0 aromatic heterocycles. The molecule has 0 aliphatic carbocycles. The van der Waals surface area contributed by atoms with E-state index in [1.54, 1.807) is 32.2 Å². The molecule has 2 rings (SSSR count). The number of benzene rings is 2. The van der Waals surface area contributed by atoms with Gasteiger partial charge in [0.25, 0.3) is 0 Å². The first kappa shape index (κ1) is 45.7. The molecule has 44 heavy (non-hydrogen) atoms. The summed E-state index contributed by atoms with van der Waals surface area (Å²) >= 11 is 0. The number of nitrogens with zero attached hydrogens (tertiary/aromatic N) is 2. The Bertz CT molecular complexity index is 1430. The van der Waals surface area contributed by atoms with E-state index in [2.05, 4.69) is 67.7 Å². The molecule has 14 heteroatoms. The van der Waals surface area contributed by atoms with Crippen LogP contribution in [-0.2, 0) is 33.1 Å². The summed E-state index contributed by atoms with van der Waals surface area (Å²) in [6, 6.07) is 18.6. The zero-order chi connectivity index (χ0) is 32.7. The van der Waals surface area contributed by atoms with Crippen molar-refractivity contribution in [1.82, 2.24) is 0 Å². The molecular weight excluding hydrogens is 684 g/mol.